The standard InChI is InChI=1S/C20H31N3.C20H32O/c1-13-8-10-19(2)14(12-13)4-5-15-16-6-7-18(22-23-21)20(16,3)11-9-17(15)19;1-13-8-10-19(2)14(12-13)4-5-15-16-6-7-18(21)20(16,3)11-9-17(15)19/h4,13,15-18H,5-12H2,1-3H3;4,13,15-18,21H,5-12H2,1-3H3/t13-,15?,16?,17?,18+,19-,20-;13-,15?,16?,17?,18-,19-,20-/m00/s1. The van der Waals surface area contributed by atoms with Gasteiger partial charge in [0.2, 0.25) is 0 Å². The summed E-state index contributed by atoms with van der Waals surface area (Å²) in [6, 6.07) is 0.239. The molecule has 4 heteroatoms. The first-order chi connectivity index (χ1) is 20.9. The Balaban J connectivity index is 0.000000143. The van der Waals surface area contributed by atoms with E-state index in [0.717, 1.165) is 60.2 Å². The number of hydrogen-bond donors (Lipinski definition) is 1. The van der Waals surface area contributed by atoms with E-state index in [-0.39, 0.29) is 23.0 Å². The summed E-state index contributed by atoms with van der Waals surface area (Å²) >= 11 is 0. The van der Waals surface area contributed by atoms with Gasteiger partial charge in [0.05, 0.1) is 6.10 Å². The molecule has 0 aliphatic heterocycles. The summed E-state index contributed by atoms with van der Waals surface area (Å²) < 4.78 is 0. The van der Waals surface area contributed by atoms with Crippen LogP contribution in [0.2, 0.25) is 0 Å². The molecule has 1 N–H and O–H groups in total. The van der Waals surface area contributed by atoms with Crippen LogP contribution in [0.4, 0.5) is 0 Å². The van der Waals surface area contributed by atoms with Crippen LogP contribution >= 0.6 is 0 Å². The van der Waals surface area contributed by atoms with Crippen molar-refractivity contribution in [3.8, 4) is 0 Å². The largest absolute Gasteiger partial charge is 0.393 e. The smallest absolute Gasteiger partial charge is 0.0596 e. The minimum atomic E-state index is -0.0342. The number of fused-ring (bicyclic) bond motifs is 10. The molecule has 6 fully saturated rings. The van der Waals surface area contributed by atoms with Crippen molar-refractivity contribution in [2.45, 2.75) is 156 Å². The average molecular weight is 602 g/mol. The molecule has 0 saturated heterocycles. The maximum Gasteiger partial charge on any atom is 0.0596 e. The predicted octanol–water partition coefficient (Wildman–Crippen LogP) is 11.2. The molecular weight excluding hydrogens is 538 g/mol. The zero-order chi connectivity index (χ0) is 31.1. The molecule has 0 aromatic heterocycles. The molecular formula is C40H63N3O. The van der Waals surface area contributed by atoms with Gasteiger partial charge in [0.15, 0.2) is 0 Å². The third-order valence-electron chi connectivity index (χ3n) is 16.8. The van der Waals surface area contributed by atoms with E-state index in [1.54, 1.807) is 11.1 Å². The highest BCUT2D eigenvalue weighted by Crippen LogP contribution is 2.67. The molecule has 8 aliphatic carbocycles. The van der Waals surface area contributed by atoms with Crippen molar-refractivity contribution in [1.82, 2.24) is 0 Å². The highest BCUT2D eigenvalue weighted by Gasteiger charge is 2.59. The summed E-state index contributed by atoms with van der Waals surface area (Å²) in [6.45, 7) is 14.8. The number of nitrogens with zero attached hydrogens (tertiary/aromatic N) is 3. The van der Waals surface area contributed by atoms with Gasteiger partial charge in [-0.05, 0) is 177 Å². The summed E-state index contributed by atoms with van der Waals surface area (Å²) in [7, 11) is 0. The molecule has 244 valence electrons. The van der Waals surface area contributed by atoms with Crippen molar-refractivity contribution in [1.29, 1.82) is 0 Å². The zero-order valence-corrected chi connectivity index (χ0v) is 29.0. The lowest BCUT2D eigenvalue weighted by Crippen LogP contribution is -2.50. The van der Waals surface area contributed by atoms with Crippen LogP contribution in [0.3, 0.4) is 0 Å². The molecule has 44 heavy (non-hydrogen) atoms. The lowest BCUT2D eigenvalue weighted by atomic mass is 9.47. The van der Waals surface area contributed by atoms with Crippen LogP contribution in [-0.2, 0) is 0 Å². The molecule has 0 aromatic carbocycles. The van der Waals surface area contributed by atoms with Gasteiger partial charge < -0.3 is 5.11 Å². The lowest BCUT2D eigenvalue weighted by molar-refractivity contribution is -0.0677. The second-order valence-electron chi connectivity index (χ2n) is 18.7. The van der Waals surface area contributed by atoms with Crippen molar-refractivity contribution in [3.63, 3.8) is 0 Å². The zero-order valence-electron chi connectivity index (χ0n) is 29.0. The van der Waals surface area contributed by atoms with Crippen LogP contribution in [0.1, 0.15) is 144 Å². The second-order valence-corrected chi connectivity index (χ2v) is 18.7. The quantitative estimate of drug-likeness (QED) is 0.138. The number of aliphatic hydroxyl groups excluding tert-OH is 1. The minimum Gasteiger partial charge on any atom is -0.393 e. The Morgan fingerprint density at radius 2 is 1.16 bits per heavy atom. The van der Waals surface area contributed by atoms with Crippen LogP contribution in [0.25, 0.3) is 10.4 Å². The first-order valence-electron chi connectivity index (χ1n) is 19.1. The Morgan fingerprint density at radius 3 is 1.70 bits per heavy atom. The van der Waals surface area contributed by atoms with Crippen LogP contribution < -0.4 is 0 Å². The van der Waals surface area contributed by atoms with Gasteiger partial charge in [-0.3, -0.25) is 0 Å². The Hall–Kier alpha value is -1.25. The molecule has 0 amide bonds. The molecule has 0 aromatic rings. The molecule has 0 radical (unpaired) electrons. The fourth-order valence-corrected chi connectivity index (χ4v) is 13.9. The maximum atomic E-state index is 10.5. The van der Waals surface area contributed by atoms with Crippen LogP contribution in [0.5, 0.6) is 0 Å². The minimum absolute atomic E-state index is 0.0342. The van der Waals surface area contributed by atoms with Crippen LogP contribution in [0.15, 0.2) is 28.4 Å². The molecule has 0 bridgehead atoms. The molecule has 6 unspecified atom stereocenters. The van der Waals surface area contributed by atoms with Crippen molar-refractivity contribution in [2.75, 3.05) is 0 Å². The first kappa shape index (κ1) is 31.4. The highest BCUT2D eigenvalue weighted by atomic mass is 16.3. The van der Waals surface area contributed by atoms with Crippen LogP contribution in [-0.4, -0.2) is 17.3 Å². The van der Waals surface area contributed by atoms with E-state index in [2.05, 4.69) is 63.7 Å². The second kappa shape index (κ2) is 11.2. The average Bonchev–Trinajstić information content (AvgIpc) is 3.49. The van der Waals surface area contributed by atoms with Gasteiger partial charge in [0, 0.05) is 11.0 Å². The van der Waals surface area contributed by atoms with Crippen LogP contribution in [0, 0.1) is 69.0 Å². The summed E-state index contributed by atoms with van der Waals surface area (Å²) in [5, 5.41) is 14.7. The third-order valence-corrected chi connectivity index (χ3v) is 16.8. The van der Waals surface area contributed by atoms with Gasteiger partial charge in [0.1, 0.15) is 0 Å². The number of azide groups is 1. The van der Waals surface area contributed by atoms with Gasteiger partial charge in [-0.25, -0.2) is 0 Å². The van der Waals surface area contributed by atoms with Gasteiger partial charge in [-0.15, -0.1) is 0 Å². The maximum absolute atomic E-state index is 10.5. The van der Waals surface area contributed by atoms with E-state index in [1.165, 1.54) is 89.9 Å². The number of allylic oxidation sites excluding steroid dienone is 4. The normalized spacial score (nSPS) is 53.9. The van der Waals surface area contributed by atoms with E-state index < -0.39 is 0 Å². The molecule has 14 atom stereocenters. The highest BCUT2D eigenvalue weighted by molar-refractivity contribution is 5.26. The van der Waals surface area contributed by atoms with E-state index >= 15 is 0 Å². The van der Waals surface area contributed by atoms with Gasteiger partial charge in [-0.1, -0.05) is 70.0 Å². The summed E-state index contributed by atoms with van der Waals surface area (Å²) in [4.78, 5) is 3.16. The third kappa shape index (κ3) is 4.64. The molecule has 0 heterocycles. The summed E-state index contributed by atoms with van der Waals surface area (Å²) in [5.41, 5.74) is 14.0. The van der Waals surface area contributed by atoms with E-state index in [4.69, 9.17) is 5.53 Å². The number of aliphatic hydroxyl groups is 1. The summed E-state index contributed by atoms with van der Waals surface area (Å²) in [6.07, 6.45) is 26.1. The van der Waals surface area contributed by atoms with Crippen molar-refractivity contribution >= 4 is 0 Å². The van der Waals surface area contributed by atoms with Crippen molar-refractivity contribution in [3.05, 3.63) is 33.7 Å². The Labute approximate surface area is 268 Å². The number of rotatable bonds is 1. The molecule has 6 saturated carbocycles. The lowest BCUT2D eigenvalue weighted by Gasteiger charge is -2.58. The first-order valence-corrected chi connectivity index (χ1v) is 19.1. The summed E-state index contributed by atoms with van der Waals surface area (Å²) in [5.74, 6) is 6.76. The van der Waals surface area contributed by atoms with Gasteiger partial charge in [0.25, 0.3) is 0 Å². The van der Waals surface area contributed by atoms with Crippen molar-refractivity contribution < 1.29 is 5.11 Å². The fourth-order valence-electron chi connectivity index (χ4n) is 13.9. The Bertz CT molecular complexity index is 1230. The van der Waals surface area contributed by atoms with E-state index in [1.807, 2.05) is 0 Å². The predicted molar refractivity (Wildman–Crippen MR) is 181 cm³/mol. The monoisotopic (exact) mass is 601 g/mol. The van der Waals surface area contributed by atoms with E-state index in [0.29, 0.717) is 10.8 Å². The topological polar surface area (TPSA) is 69.0 Å². The van der Waals surface area contributed by atoms with Crippen molar-refractivity contribution in [2.24, 2.45) is 74.1 Å². The molecule has 8 rings (SSSR count). The molecule has 4 nitrogen and oxygen atoms in total. The van der Waals surface area contributed by atoms with E-state index in [9.17, 15) is 5.11 Å². The molecule has 8 aliphatic rings. The van der Waals surface area contributed by atoms with Gasteiger partial charge >= 0.3 is 0 Å². The number of hydrogen-bond acceptors (Lipinski definition) is 2. The fraction of sp³-hybridized carbons (Fsp3) is 0.900. The SMILES string of the molecule is C[C@H]1CC[C@@]2(C)C(=CCC3C2CC[C@@]2(C)C3CC[C@@H]2O)C1.C[C@H]1CC[C@@]2(C)C(=CCC3C2CC[C@@]2(C)C3CC[C@H]2N=[N+]=[N-])C1. The van der Waals surface area contributed by atoms with Gasteiger partial charge in [-0.2, -0.15) is 0 Å². The Kier molecular flexibility index (Phi) is 7.97. The molecule has 0 spiro atoms. The Morgan fingerprint density at radius 1 is 0.659 bits per heavy atom.